The fraction of sp³-hybridized carbons (Fsp3) is 0.455. The van der Waals surface area contributed by atoms with Gasteiger partial charge in [0.2, 0.25) is 10.0 Å². The molecule has 4 nitrogen and oxygen atoms in total. The first-order chi connectivity index (χ1) is 7.33. The highest BCUT2D eigenvalue weighted by molar-refractivity contribution is 7.89. The van der Waals surface area contributed by atoms with Crippen LogP contribution in [-0.2, 0) is 10.0 Å². The summed E-state index contributed by atoms with van der Waals surface area (Å²) >= 11 is 0. The topological polar surface area (TPSA) is 72.2 Å². The number of nitrogen functional groups attached to an aromatic ring is 1. The molecule has 0 saturated heterocycles. The van der Waals surface area contributed by atoms with E-state index in [4.69, 9.17) is 5.73 Å². The lowest BCUT2D eigenvalue weighted by molar-refractivity contribution is 0.560. The maximum atomic E-state index is 11.8. The number of nitrogens with one attached hydrogen (secondary N) is 1. The van der Waals surface area contributed by atoms with Gasteiger partial charge in [-0.25, -0.2) is 13.1 Å². The van der Waals surface area contributed by atoms with Crippen LogP contribution in [0, 0.1) is 12.8 Å². The van der Waals surface area contributed by atoms with Gasteiger partial charge in [0.25, 0.3) is 0 Å². The van der Waals surface area contributed by atoms with Crippen LogP contribution < -0.4 is 10.5 Å². The van der Waals surface area contributed by atoms with Crippen molar-refractivity contribution in [2.75, 3.05) is 12.3 Å². The molecule has 0 spiro atoms. The zero-order chi connectivity index (χ0) is 12.3. The number of sulfonamides is 1. The Balaban J connectivity index is 2.94. The summed E-state index contributed by atoms with van der Waals surface area (Å²) < 4.78 is 26.2. The summed E-state index contributed by atoms with van der Waals surface area (Å²) in [5.74, 6) is 0.282. The Morgan fingerprint density at radius 2 is 2.00 bits per heavy atom. The average molecular weight is 242 g/mol. The SMILES string of the molecule is Cc1cc(S(=O)(=O)NCC(C)C)ccc1N. The molecule has 90 valence electrons. The molecule has 0 bridgehead atoms. The third kappa shape index (κ3) is 3.21. The Morgan fingerprint density at radius 3 is 2.50 bits per heavy atom. The number of hydrogen-bond acceptors (Lipinski definition) is 3. The van der Waals surface area contributed by atoms with Gasteiger partial charge in [0.1, 0.15) is 0 Å². The van der Waals surface area contributed by atoms with E-state index in [1.807, 2.05) is 13.8 Å². The summed E-state index contributed by atoms with van der Waals surface area (Å²) in [6.45, 7) is 6.13. The van der Waals surface area contributed by atoms with Gasteiger partial charge in [0.15, 0.2) is 0 Å². The van der Waals surface area contributed by atoms with Gasteiger partial charge in [-0.3, -0.25) is 0 Å². The standard InChI is InChI=1S/C11H18N2O2S/c1-8(2)7-13-16(14,15)10-4-5-11(12)9(3)6-10/h4-6,8,13H,7,12H2,1-3H3. The number of anilines is 1. The normalized spacial score (nSPS) is 12.0. The second-order valence-electron chi connectivity index (χ2n) is 4.26. The van der Waals surface area contributed by atoms with Crippen molar-refractivity contribution in [3.8, 4) is 0 Å². The van der Waals surface area contributed by atoms with Crippen LogP contribution >= 0.6 is 0 Å². The van der Waals surface area contributed by atoms with Gasteiger partial charge in [0.05, 0.1) is 4.90 Å². The molecule has 0 heterocycles. The highest BCUT2D eigenvalue weighted by Gasteiger charge is 2.14. The molecule has 1 aromatic rings. The maximum absolute atomic E-state index is 11.8. The number of rotatable bonds is 4. The van der Waals surface area contributed by atoms with Crippen LogP contribution in [0.3, 0.4) is 0 Å². The minimum Gasteiger partial charge on any atom is -0.399 e. The van der Waals surface area contributed by atoms with Crippen LogP contribution in [0.15, 0.2) is 23.1 Å². The van der Waals surface area contributed by atoms with E-state index in [0.29, 0.717) is 12.2 Å². The average Bonchev–Trinajstić information content (AvgIpc) is 2.19. The Bertz CT molecular complexity index is 467. The molecule has 16 heavy (non-hydrogen) atoms. The molecule has 3 N–H and O–H groups in total. The van der Waals surface area contributed by atoms with Crippen LogP contribution in [0.1, 0.15) is 19.4 Å². The summed E-state index contributed by atoms with van der Waals surface area (Å²) in [6.07, 6.45) is 0. The van der Waals surface area contributed by atoms with Crippen molar-refractivity contribution >= 4 is 15.7 Å². The first-order valence-electron chi connectivity index (χ1n) is 5.18. The molecule has 0 unspecified atom stereocenters. The Hall–Kier alpha value is -1.07. The second kappa shape index (κ2) is 4.84. The molecule has 1 aromatic carbocycles. The number of benzene rings is 1. The summed E-state index contributed by atoms with van der Waals surface area (Å²) in [5.41, 5.74) is 7.01. The molecule has 0 fully saturated rings. The van der Waals surface area contributed by atoms with Crippen molar-refractivity contribution in [1.82, 2.24) is 4.72 Å². The van der Waals surface area contributed by atoms with Crippen molar-refractivity contribution in [3.63, 3.8) is 0 Å². The fourth-order valence-electron chi connectivity index (χ4n) is 1.18. The molecule has 0 aliphatic carbocycles. The van der Waals surface area contributed by atoms with Gasteiger partial charge in [-0.05, 0) is 36.6 Å². The van der Waals surface area contributed by atoms with Gasteiger partial charge in [-0.1, -0.05) is 13.8 Å². The predicted octanol–water partition coefficient (Wildman–Crippen LogP) is 1.51. The van der Waals surface area contributed by atoms with Gasteiger partial charge >= 0.3 is 0 Å². The highest BCUT2D eigenvalue weighted by Crippen LogP contribution is 2.16. The van der Waals surface area contributed by atoms with E-state index >= 15 is 0 Å². The molecule has 5 heteroatoms. The van der Waals surface area contributed by atoms with Gasteiger partial charge in [0, 0.05) is 12.2 Å². The smallest absolute Gasteiger partial charge is 0.240 e. The van der Waals surface area contributed by atoms with Gasteiger partial charge in [-0.15, -0.1) is 0 Å². The molecule has 0 saturated carbocycles. The molecule has 0 amide bonds. The molecule has 0 aliphatic heterocycles. The molecule has 0 atom stereocenters. The zero-order valence-electron chi connectivity index (χ0n) is 9.82. The third-order valence-electron chi connectivity index (χ3n) is 2.23. The molecule has 0 radical (unpaired) electrons. The van der Waals surface area contributed by atoms with Crippen molar-refractivity contribution < 1.29 is 8.42 Å². The van der Waals surface area contributed by atoms with E-state index in [2.05, 4.69) is 4.72 Å². The molecule has 0 aromatic heterocycles. The van der Waals surface area contributed by atoms with Crippen LogP contribution in [-0.4, -0.2) is 15.0 Å². The van der Waals surface area contributed by atoms with E-state index in [1.54, 1.807) is 19.1 Å². The molecular weight excluding hydrogens is 224 g/mol. The Kier molecular flexibility index (Phi) is 3.93. The summed E-state index contributed by atoms with van der Waals surface area (Å²) in [7, 11) is -3.40. The number of hydrogen-bond donors (Lipinski definition) is 2. The van der Waals surface area contributed by atoms with Gasteiger partial charge in [-0.2, -0.15) is 0 Å². The minimum absolute atomic E-state index is 0.264. The van der Waals surface area contributed by atoms with Crippen molar-refractivity contribution in [3.05, 3.63) is 23.8 Å². The van der Waals surface area contributed by atoms with E-state index in [9.17, 15) is 8.42 Å². The van der Waals surface area contributed by atoms with Crippen molar-refractivity contribution in [2.24, 2.45) is 5.92 Å². The molecule has 0 aliphatic rings. The lowest BCUT2D eigenvalue weighted by atomic mass is 10.2. The second-order valence-corrected chi connectivity index (χ2v) is 6.03. The summed E-state index contributed by atoms with van der Waals surface area (Å²) in [4.78, 5) is 0.264. The fourth-order valence-corrected chi connectivity index (χ4v) is 2.47. The Morgan fingerprint density at radius 1 is 1.38 bits per heavy atom. The lowest BCUT2D eigenvalue weighted by Crippen LogP contribution is -2.27. The van der Waals surface area contributed by atoms with Gasteiger partial charge < -0.3 is 5.73 Å². The predicted molar refractivity (Wildman–Crippen MR) is 65.6 cm³/mol. The maximum Gasteiger partial charge on any atom is 0.240 e. The quantitative estimate of drug-likeness (QED) is 0.786. The first kappa shape index (κ1) is 13.0. The van der Waals surface area contributed by atoms with Crippen LogP contribution in [0.5, 0.6) is 0 Å². The third-order valence-corrected chi connectivity index (χ3v) is 3.65. The van der Waals surface area contributed by atoms with Crippen molar-refractivity contribution in [2.45, 2.75) is 25.7 Å². The van der Waals surface area contributed by atoms with Crippen molar-refractivity contribution in [1.29, 1.82) is 0 Å². The summed E-state index contributed by atoms with van der Waals surface area (Å²) in [5, 5.41) is 0. The summed E-state index contributed by atoms with van der Waals surface area (Å²) in [6, 6.07) is 4.71. The monoisotopic (exact) mass is 242 g/mol. The lowest BCUT2D eigenvalue weighted by Gasteiger charge is -2.10. The van der Waals surface area contributed by atoms with E-state index in [1.165, 1.54) is 6.07 Å². The largest absolute Gasteiger partial charge is 0.399 e. The molecular formula is C11H18N2O2S. The first-order valence-corrected chi connectivity index (χ1v) is 6.67. The minimum atomic E-state index is -3.40. The van der Waals surface area contributed by atoms with E-state index in [0.717, 1.165) is 5.56 Å². The van der Waals surface area contributed by atoms with Crippen LogP contribution in [0.25, 0.3) is 0 Å². The van der Waals surface area contributed by atoms with Crippen LogP contribution in [0.4, 0.5) is 5.69 Å². The number of aryl methyl sites for hydroxylation is 1. The van der Waals surface area contributed by atoms with E-state index in [-0.39, 0.29) is 10.8 Å². The Labute approximate surface area is 96.9 Å². The zero-order valence-corrected chi connectivity index (χ0v) is 10.6. The van der Waals surface area contributed by atoms with Crippen LogP contribution in [0.2, 0.25) is 0 Å². The molecule has 1 rings (SSSR count). The number of nitrogens with two attached hydrogens (primary N) is 1. The van der Waals surface area contributed by atoms with E-state index < -0.39 is 10.0 Å². The highest BCUT2D eigenvalue weighted by atomic mass is 32.2.